The van der Waals surface area contributed by atoms with Gasteiger partial charge in [0.1, 0.15) is 11.6 Å². The van der Waals surface area contributed by atoms with Crippen molar-refractivity contribution in [3.63, 3.8) is 0 Å². The molecule has 0 atom stereocenters. The summed E-state index contributed by atoms with van der Waals surface area (Å²) < 4.78 is 26.1. The molecule has 116 valence electrons. The molecule has 6 heteroatoms. The van der Waals surface area contributed by atoms with E-state index in [1.165, 1.54) is 0 Å². The Morgan fingerprint density at radius 1 is 1.14 bits per heavy atom. The zero-order chi connectivity index (χ0) is 15.8. The summed E-state index contributed by atoms with van der Waals surface area (Å²) >= 11 is 0. The van der Waals surface area contributed by atoms with Gasteiger partial charge in [-0.15, -0.1) is 0 Å². The number of halogens is 2. The summed E-state index contributed by atoms with van der Waals surface area (Å²) in [5.41, 5.74) is -0.239. The molecule has 0 fully saturated rings. The summed E-state index contributed by atoms with van der Waals surface area (Å²) in [7, 11) is 0. The first-order valence-electron chi connectivity index (χ1n) is 6.90. The summed E-state index contributed by atoms with van der Waals surface area (Å²) in [6, 6.07) is 2.73. The van der Waals surface area contributed by atoms with E-state index in [9.17, 15) is 18.4 Å². The largest absolute Gasteiger partial charge is 0.356 e. The fraction of sp³-hybridized carbons (Fsp3) is 0.467. The third kappa shape index (κ3) is 6.33. The first-order chi connectivity index (χ1) is 9.90. The minimum absolute atomic E-state index is 0.100. The monoisotopic (exact) mass is 298 g/mol. The smallest absolute Gasteiger partial charge is 0.254 e. The second-order valence-corrected chi connectivity index (χ2v) is 5.16. The van der Waals surface area contributed by atoms with Crippen molar-refractivity contribution in [2.24, 2.45) is 5.92 Å². The molecule has 0 saturated heterocycles. The standard InChI is InChI=1S/C15H20F2N2O2/c1-10(2)5-7-18-14(20)6-8-19-15(21)12-4-3-11(16)9-13(12)17/h3-4,9-10H,5-8H2,1-2H3,(H,18,20)(H,19,21). The van der Waals surface area contributed by atoms with Crippen molar-refractivity contribution in [2.45, 2.75) is 26.7 Å². The van der Waals surface area contributed by atoms with Crippen LogP contribution in [-0.4, -0.2) is 24.9 Å². The van der Waals surface area contributed by atoms with E-state index in [0.29, 0.717) is 18.5 Å². The van der Waals surface area contributed by atoms with Crippen LogP contribution in [0.1, 0.15) is 37.0 Å². The Hall–Kier alpha value is -1.98. The average molecular weight is 298 g/mol. The minimum atomic E-state index is -0.922. The van der Waals surface area contributed by atoms with Gasteiger partial charge < -0.3 is 10.6 Å². The number of nitrogens with one attached hydrogen (secondary N) is 2. The van der Waals surface area contributed by atoms with Crippen molar-refractivity contribution < 1.29 is 18.4 Å². The van der Waals surface area contributed by atoms with Crippen LogP contribution in [0.3, 0.4) is 0 Å². The van der Waals surface area contributed by atoms with E-state index in [0.717, 1.165) is 18.6 Å². The molecule has 2 N–H and O–H groups in total. The number of carbonyl (C=O) groups excluding carboxylic acids is 2. The van der Waals surface area contributed by atoms with Crippen LogP contribution in [0.2, 0.25) is 0 Å². The Morgan fingerprint density at radius 3 is 2.48 bits per heavy atom. The van der Waals surface area contributed by atoms with Gasteiger partial charge in [0.25, 0.3) is 5.91 Å². The van der Waals surface area contributed by atoms with Crippen LogP contribution >= 0.6 is 0 Å². The zero-order valence-corrected chi connectivity index (χ0v) is 12.2. The molecule has 0 aliphatic carbocycles. The van der Waals surface area contributed by atoms with Crippen molar-refractivity contribution >= 4 is 11.8 Å². The van der Waals surface area contributed by atoms with Crippen molar-refractivity contribution in [3.8, 4) is 0 Å². The van der Waals surface area contributed by atoms with Gasteiger partial charge in [-0.1, -0.05) is 13.8 Å². The first kappa shape index (κ1) is 17.1. The Labute approximate surface area is 122 Å². The van der Waals surface area contributed by atoms with Gasteiger partial charge in [0.2, 0.25) is 5.91 Å². The summed E-state index contributed by atoms with van der Waals surface area (Å²) in [6.07, 6.45) is 1.01. The second-order valence-electron chi connectivity index (χ2n) is 5.16. The molecule has 0 bridgehead atoms. The molecule has 0 aliphatic rings. The van der Waals surface area contributed by atoms with Crippen LogP contribution in [0.5, 0.6) is 0 Å². The van der Waals surface area contributed by atoms with Gasteiger partial charge in [-0.05, 0) is 24.5 Å². The predicted molar refractivity (Wildman–Crippen MR) is 75.8 cm³/mol. The highest BCUT2D eigenvalue weighted by atomic mass is 19.1. The quantitative estimate of drug-likeness (QED) is 0.811. The number of carbonyl (C=O) groups is 2. The van der Waals surface area contributed by atoms with Crippen LogP contribution in [-0.2, 0) is 4.79 Å². The Kier molecular flexibility index (Phi) is 6.78. The zero-order valence-electron chi connectivity index (χ0n) is 12.2. The molecule has 0 saturated carbocycles. The molecule has 0 unspecified atom stereocenters. The molecule has 0 aromatic heterocycles. The van der Waals surface area contributed by atoms with Gasteiger partial charge in [0.05, 0.1) is 5.56 Å². The maximum atomic E-state index is 13.3. The summed E-state index contributed by atoms with van der Waals surface area (Å²) in [5.74, 6) is -1.99. The number of hydrogen-bond donors (Lipinski definition) is 2. The summed E-state index contributed by atoms with van der Waals surface area (Å²) in [6.45, 7) is 4.81. The lowest BCUT2D eigenvalue weighted by atomic mass is 10.1. The fourth-order valence-electron chi connectivity index (χ4n) is 1.65. The van der Waals surface area contributed by atoms with Crippen molar-refractivity contribution in [2.75, 3.05) is 13.1 Å². The van der Waals surface area contributed by atoms with E-state index in [1.54, 1.807) is 0 Å². The molecule has 2 amide bonds. The van der Waals surface area contributed by atoms with Gasteiger partial charge in [-0.3, -0.25) is 9.59 Å². The SMILES string of the molecule is CC(C)CCNC(=O)CCNC(=O)c1ccc(F)cc1F. The minimum Gasteiger partial charge on any atom is -0.356 e. The molecule has 21 heavy (non-hydrogen) atoms. The van der Waals surface area contributed by atoms with Crippen LogP contribution < -0.4 is 10.6 Å². The first-order valence-corrected chi connectivity index (χ1v) is 6.90. The number of benzene rings is 1. The molecule has 1 rings (SSSR count). The normalized spacial score (nSPS) is 10.5. The third-order valence-electron chi connectivity index (χ3n) is 2.86. The summed E-state index contributed by atoms with van der Waals surface area (Å²) in [5, 5.41) is 5.16. The van der Waals surface area contributed by atoms with Gasteiger partial charge in [0, 0.05) is 25.6 Å². The molecule has 0 aliphatic heterocycles. The van der Waals surface area contributed by atoms with Crippen molar-refractivity contribution in [1.82, 2.24) is 10.6 Å². The van der Waals surface area contributed by atoms with Crippen LogP contribution in [0, 0.1) is 17.6 Å². The van der Waals surface area contributed by atoms with E-state index >= 15 is 0 Å². The lowest BCUT2D eigenvalue weighted by Gasteiger charge is -2.08. The molecule has 0 heterocycles. The third-order valence-corrected chi connectivity index (χ3v) is 2.86. The maximum absolute atomic E-state index is 13.3. The Morgan fingerprint density at radius 2 is 1.86 bits per heavy atom. The maximum Gasteiger partial charge on any atom is 0.254 e. The van der Waals surface area contributed by atoms with Gasteiger partial charge in [0.15, 0.2) is 0 Å². The predicted octanol–water partition coefficient (Wildman–Crippen LogP) is 2.25. The van der Waals surface area contributed by atoms with E-state index in [-0.39, 0.29) is 24.4 Å². The lowest BCUT2D eigenvalue weighted by molar-refractivity contribution is -0.120. The van der Waals surface area contributed by atoms with Crippen LogP contribution in [0.4, 0.5) is 8.78 Å². The topological polar surface area (TPSA) is 58.2 Å². The van der Waals surface area contributed by atoms with Gasteiger partial charge >= 0.3 is 0 Å². The highest BCUT2D eigenvalue weighted by Crippen LogP contribution is 2.09. The molecular formula is C15H20F2N2O2. The molecule has 1 aromatic rings. The van der Waals surface area contributed by atoms with E-state index < -0.39 is 17.5 Å². The molecular weight excluding hydrogens is 278 g/mol. The molecule has 0 spiro atoms. The highest BCUT2D eigenvalue weighted by molar-refractivity contribution is 5.94. The second kappa shape index (κ2) is 8.34. The van der Waals surface area contributed by atoms with E-state index in [1.807, 2.05) is 0 Å². The van der Waals surface area contributed by atoms with E-state index in [2.05, 4.69) is 24.5 Å². The molecule has 0 radical (unpaired) electrons. The number of hydrogen-bond acceptors (Lipinski definition) is 2. The van der Waals surface area contributed by atoms with Gasteiger partial charge in [-0.2, -0.15) is 0 Å². The number of rotatable bonds is 7. The Balaban J connectivity index is 2.32. The van der Waals surface area contributed by atoms with Crippen molar-refractivity contribution in [3.05, 3.63) is 35.4 Å². The fourth-order valence-corrected chi connectivity index (χ4v) is 1.65. The highest BCUT2D eigenvalue weighted by Gasteiger charge is 2.12. The Bertz CT molecular complexity index is 504. The van der Waals surface area contributed by atoms with Gasteiger partial charge in [-0.25, -0.2) is 8.78 Å². The number of amides is 2. The van der Waals surface area contributed by atoms with Crippen molar-refractivity contribution in [1.29, 1.82) is 0 Å². The molecule has 4 nitrogen and oxygen atoms in total. The van der Waals surface area contributed by atoms with E-state index in [4.69, 9.17) is 0 Å². The van der Waals surface area contributed by atoms with Crippen LogP contribution in [0.25, 0.3) is 0 Å². The summed E-state index contributed by atoms with van der Waals surface area (Å²) in [4.78, 5) is 23.1. The lowest BCUT2D eigenvalue weighted by Crippen LogP contribution is -2.31. The molecule has 1 aromatic carbocycles. The average Bonchev–Trinajstić information content (AvgIpc) is 2.37. The van der Waals surface area contributed by atoms with Crippen LogP contribution in [0.15, 0.2) is 18.2 Å².